The normalized spacial score (nSPS) is 10.9. The Kier molecular flexibility index (Phi) is 3.78. The van der Waals surface area contributed by atoms with Crippen molar-refractivity contribution in [2.24, 2.45) is 0 Å². The predicted molar refractivity (Wildman–Crippen MR) is 71.1 cm³/mol. The van der Waals surface area contributed by atoms with E-state index in [0.29, 0.717) is 23.2 Å². The Morgan fingerprint density at radius 2 is 2.06 bits per heavy atom. The van der Waals surface area contributed by atoms with Crippen LogP contribution in [0.3, 0.4) is 0 Å². The van der Waals surface area contributed by atoms with E-state index in [1.54, 1.807) is 12.1 Å². The van der Waals surface area contributed by atoms with Crippen molar-refractivity contribution < 1.29 is 9.53 Å². The van der Waals surface area contributed by atoms with Crippen molar-refractivity contribution in [3.05, 3.63) is 28.0 Å². The second-order valence-corrected chi connectivity index (χ2v) is 4.72. The summed E-state index contributed by atoms with van der Waals surface area (Å²) in [5, 5.41) is 0.964. The molecule has 0 saturated carbocycles. The minimum Gasteiger partial charge on any atom is -0.464 e. The summed E-state index contributed by atoms with van der Waals surface area (Å²) in [6.07, 6.45) is 0. The third-order valence-electron chi connectivity index (χ3n) is 2.60. The van der Waals surface area contributed by atoms with Crippen LogP contribution in [0.25, 0.3) is 11.0 Å². The van der Waals surface area contributed by atoms with Gasteiger partial charge in [0.05, 0.1) is 27.6 Å². The van der Waals surface area contributed by atoms with Gasteiger partial charge < -0.3 is 9.30 Å². The summed E-state index contributed by atoms with van der Waals surface area (Å²) in [6, 6.07) is 3.50. The Labute approximate surface area is 114 Å². The lowest BCUT2D eigenvalue weighted by molar-refractivity contribution is -0.141. The number of aryl methyl sites for hydroxylation is 1. The second-order valence-electron chi connectivity index (χ2n) is 3.91. The Morgan fingerprint density at radius 1 is 1.39 bits per heavy atom. The molecule has 0 radical (unpaired) electrons. The van der Waals surface area contributed by atoms with Crippen molar-refractivity contribution in [2.75, 3.05) is 6.61 Å². The van der Waals surface area contributed by atoms with E-state index in [4.69, 9.17) is 27.9 Å². The molecule has 2 rings (SSSR count). The van der Waals surface area contributed by atoms with Gasteiger partial charge in [0.2, 0.25) is 0 Å². The molecule has 0 spiro atoms. The fraction of sp³-hybridized carbons (Fsp3) is 0.333. The Balaban J connectivity index is 2.34. The Hall–Kier alpha value is -1.26. The molecule has 1 aromatic carbocycles. The van der Waals surface area contributed by atoms with Crippen molar-refractivity contribution in [2.45, 2.75) is 20.4 Å². The van der Waals surface area contributed by atoms with E-state index in [1.165, 1.54) is 6.92 Å². The first-order valence-corrected chi connectivity index (χ1v) is 6.20. The predicted octanol–water partition coefficient (Wildman–Crippen LogP) is 3.21. The molecule has 4 nitrogen and oxygen atoms in total. The summed E-state index contributed by atoms with van der Waals surface area (Å²) in [5.41, 5.74) is 1.67. The molecule has 0 aliphatic heterocycles. The molecule has 1 heterocycles. The summed E-state index contributed by atoms with van der Waals surface area (Å²) in [6.45, 7) is 4.12. The van der Waals surface area contributed by atoms with Gasteiger partial charge in [0.25, 0.3) is 0 Å². The highest BCUT2D eigenvalue weighted by molar-refractivity contribution is 6.42. The van der Waals surface area contributed by atoms with Gasteiger partial charge in [0, 0.05) is 6.92 Å². The highest BCUT2D eigenvalue weighted by Crippen LogP contribution is 2.28. The van der Waals surface area contributed by atoms with Crippen LogP contribution in [0, 0.1) is 6.92 Å². The molecule has 0 aliphatic carbocycles. The number of hydrogen-bond donors (Lipinski definition) is 0. The van der Waals surface area contributed by atoms with Crippen LogP contribution in [0.15, 0.2) is 12.1 Å². The van der Waals surface area contributed by atoms with Crippen LogP contribution in [0.4, 0.5) is 0 Å². The van der Waals surface area contributed by atoms with Gasteiger partial charge in [0.1, 0.15) is 12.4 Å². The summed E-state index contributed by atoms with van der Waals surface area (Å²) in [7, 11) is 0. The average molecular weight is 287 g/mol. The van der Waals surface area contributed by atoms with E-state index in [2.05, 4.69) is 4.98 Å². The zero-order valence-corrected chi connectivity index (χ0v) is 11.5. The molecule has 2 aromatic rings. The number of nitrogens with zero attached hydrogens (tertiary/aromatic N) is 2. The molecular weight excluding hydrogens is 275 g/mol. The molecule has 18 heavy (non-hydrogen) atoms. The van der Waals surface area contributed by atoms with Crippen LogP contribution in [0.2, 0.25) is 10.0 Å². The maximum absolute atomic E-state index is 10.7. The molecular formula is C12H12Cl2N2O2. The number of carbonyl (C=O) groups is 1. The lowest BCUT2D eigenvalue weighted by atomic mass is 10.3. The standard InChI is InChI=1S/C12H12Cl2N2O2/c1-7-15-11-5-9(13)10(14)6-12(11)16(7)3-4-18-8(2)17/h5-6H,3-4H2,1-2H3. The molecule has 6 heteroatoms. The number of carbonyl (C=O) groups excluding carboxylic acids is 1. The van der Waals surface area contributed by atoms with Gasteiger partial charge >= 0.3 is 5.97 Å². The van der Waals surface area contributed by atoms with Gasteiger partial charge in [-0.1, -0.05) is 23.2 Å². The van der Waals surface area contributed by atoms with Gasteiger partial charge in [-0.3, -0.25) is 4.79 Å². The number of halogens is 2. The first kappa shape index (κ1) is 13.2. The Bertz CT molecular complexity index is 608. The van der Waals surface area contributed by atoms with E-state index in [0.717, 1.165) is 16.9 Å². The first-order valence-electron chi connectivity index (χ1n) is 5.44. The van der Waals surface area contributed by atoms with Crippen LogP contribution >= 0.6 is 23.2 Å². The second kappa shape index (κ2) is 5.16. The molecule has 0 saturated heterocycles. The van der Waals surface area contributed by atoms with Crippen molar-refractivity contribution >= 4 is 40.2 Å². The quantitative estimate of drug-likeness (QED) is 0.814. The number of imidazole rings is 1. The van der Waals surface area contributed by atoms with Crippen LogP contribution in [0.1, 0.15) is 12.7 Å². The maximum atomic E-state index is 10.7. The molecule has 0 unspecified atom stereocenters. The molecule has 0 aliphatic rings. The minimum atomic E-state index is -0.293. The number of hydrogen-bond acceptors (Lipinski definition) is 3. The van der Waals surface area contributed by atoms with E-state index < -0.39 is 0 Å². The maximum Gasteiger partial charge on any atom is 0.302 e. The number of fused-ring (bicyclic) bond motifs is 1. The third-order valence-corrected chi connectivity index (χ3v) is 3.32. The number of aromatic nitrogens is 2. The Morgan fingerprint density at radius 3 is 2.72 bits per heavy atom. The third kappa shape index (κ3) is 2.60. The lowest BCUT2D eigenvalue weighted by Crippen LogP contribution is -2.09. The number of rotatable bonds is 3. The summed E-state index contributed by atoms with van der Waals surface area (Å²) in [4.78, 5) is 15.1. The average Bonchev–Trinajstić information content (AvgIpc) is 2.56. The van der Waals surface area contributed by atoms with E-state index in [-0.39, 0.29) is 5.97 Å². The lowest BCUT2D eigenvalue weighted by Gasteiger charge is -2.07. The minimum absolute atomic E-state index is 0.293. The topological polar surface area (TPSA) is 44.1 Å². The van der Waals surface area contributed by atoms with E-state index in [9.17, 15) is 4.79 Å². The molecule has 96 valence electrons. The summed E-state index contributed by atoms with van der Waals surface area (Å²) < 4.78 is 6.87. The van der Waals surface area contributed by atoms with Crippen LogP contribution in [-0.2, 0) is 16.1 Å². The fourth-order valence-corrected chi connectivity index (χ4v) is 2.12. The fourth-order valence-electron chi connectivity index (χ4n) is 1.80. The van der Waals surface area contributed by atoms with Crippen molar-refractivity contribution in [3.8, 4) is 0 Å². The van der Waals surface area contributed by atoms with Gasteiger partial charge in [-0.15, -0.1) is 0 Å². The molecule has 0 bridgehead atoms. The highest BCUT2D eigenvalue weighted by Gasteiger charge is 2.10. The van der Waals surface area contributed by atoms with Crippen molar-refractivity contribution in [1.82, 2.24) is 9.55 Å². The van der Waals surface area contributed by atoms with Crippen LogP contribution in [-0.4, -0.2) is 22.1 Å². The SMILES string of the molecule is CC(=O)OCCn1c(C)nc2cc(Cl)c(Cl)cc21. The van der Waals surface area contributed by atoms with E-state index >= 15 is 0 Å². The number of ether oxygens (including phenoxy) is 1. The molecule has 0 fully saturated rings. The smallest absolute Gasteiger partial charge is 0.302 e. The van der Waals surface area contributed by atoms with E-state index in [1.807, 2.05) is 11.5 Å². The number of benzene rings is 1. The van der Waals surface area contributed by atoms with Gasteiger partial charge in [0.15, 0.2) is 0 Å². The van der Waals surface area contributed by atoms with Crippen LogP contribution in [0.5, 0.6) is 0 Å². The number of esters is 1. The zero-order chi connectivity index (χ0) is 13.3. The highest BCUT2D eigenvalue weighted by atomic mass is 35.5. The van der Waals surface area contributed by atoms with Crippen molar-refractivity contribution in [1.29, 1.82) is 0 Å². The summed E-state index contributed by atoms with van der Waals surface area (Å²) >= 11 is 11.9. The molecule has 0 atom stereocenters. The van der Waals surface area contributed by atoms with Crippen molar-refractivity contribution in [3.63, 3.8) is 0 Å². The zero-order valence-electron chi connectivity index (χ0n) is 10.0. The van der Waals surface area contributed by atoms with Gasteiger partial charge in [-0.05, 0) is 19.1 Å². The first-order chi connectivity index (χ1) is 8.49. The molecule has 1 aromatic heterocycles. The van der Waals surface area contributed by atoms with Crippen LogP contribution < -0.4 is 0 Å². The van der Waals surface area contributed by atoms with Gasteiger partial charge in [-0.2, -0.15) is 0 Å². The summed E-state index contributed by atoms with van der Waals surface area (Å²) in [5.74, 6) is 0.536. The molecule has 0 N–H and O–H groups in total. The van der Waals surface area contributed by atoms with Gasteiger partial charge in [-0.25, -0.2) is 4.98 Å². The monoisotopic (exact) mass is 286 g/mol. The molecule has 0 amide bonds. The largest absolute Gasteiger partial charge is 0.464 e.